The number of nitrogens with zero attached hydrogens (tertiary/aromatic N) is 5. The van der Waals surface area contributed by atoms with Crippen molar-refractivity contribution in [3.63, 3.8) is 0 Å². The van der Waals surface area contributed by atoms with Gasteiger partial charge in [0.1, 0.15) is 29.0 Å². The first-order chi connectivity index (χ1) is 25.9. The van der Waals surface area contributed by atoms with E-state index in [1.165, 1.54) is 27.6 Å². The highest BCUT2D eigenvalue weighted by molar-refractivity contribution is 6.09. The lowest BCUT2D eigenvalue weighted by Gasteiger charge is -2.22. The molecule has 258 valence electrons. The quantitative estimate of drug-likeness (QED) is 0.159. The number of para-hydroxylation sites is 1. The molecule has 53 heavy (non-hydrogen) atoms. The van der Waals surface area contributed by atoms with Gasteiger partial charge in [-0.25, -0.2) is 15.0 Å². The van der Waals surface area contributed by atoms with Gasteiger partial charge in [0.25, 0.3) is 0 Å². The van der Waals surface area contributed by atoms with Gasteiger partial charge in [0.15, 0.2) is 0 Å². The van der Waals surface area contributed by atoms with E-state index in [1.54, 1.807) is 0 Å². The molecule has 0 radical (unpaired) electrons. The number of benzene rings is 5. The third kappa shape index (κ3) is 5.73. The maximum atomic E-state index is 6.68. The molecule has 0 aliphatic heterocycles. The van der Waals surface area contributed by atoms with Crippen LogP contribution in [0.2, 0.25) is 0 Å². The van der Waals surface area contributed by atoms with Crippen LogP contribution in [0.3, 0.4) is 0 Å². The number of imidazole rings is 1. The Morgan fingerprint density at radius 3 is 1.74 bits per heavy atom. The van der Waals surface area contributed by atoms with Crippen molar-refractivity contribution in [2.45, 2.75) is 39.5 Å². The second-order valence-corrected chi connectivity index (χ2v) is 14.1. The molecular weight excluding hydrogens is 651 g/mol. The highest BCUT2D eigenvalue weighted by Gasteiger charge is 2.25. The SMILES string of the molecule is CC(C)c1cc(-c2ccccc2)cc(C(C)C)c1-c1nc2ccc(Oc3ccc4c5ccccc5n(-c5ccccn5)c4c3)cc2n1-c1ccccn1. The molecule has 0 spiro atoms. The van der Waals surface area contributed by atoms with Gasteiger partial charge in [0.2, 0.25) is 0 Å². The fraction of sp³-hybridized carbons (Fsp3) is 0.128. The van der Waals surface area contributed by atoms with Crippen molar-refractivity contribution in [1.82, 2.24) is 24.1 Å². The van der Waals surface area contributed by atoms with E-state index in [-0.39, 0.29) is 11.8 Å². The number of pyridine rings is 2. The second kappa shape index (κ2) is 13.2. The van der Waals surface area contributed by atoms with Crippen molar-refractivity contribution in [3.8, 4) is 45.6 Å². The Hall–Kier alpha value is -6.53. The first-order valence-corrected chi connectivity index (χ1v) is 18.2. The summed E-state index contributed by atoms with van der Waals surface area (Å²) in [6.45, 7) is 9.06. The van der Waals surface area contributed by atoms with Crippen LogP contribution in [-0.4, -0.2) is 24.1 Å². The molecule has 0 saturated heterocycles. The second-order valence-electron chi connectivity index (χ2n) is 14.1. The fourth-order valence-electron chi connectivity index (χ4n) is 7.54. The monoisotopic (exact) mass is 689 g/mol. The summed E-state index contributed by atoms with van der Waals surface area (Å²) in [7, 11) is 0. The van der Waals surface area contributed by atoms with Gasteiger partial charge in [0.05, 0.1) is 22.1 Å². The largest absolute Gasteiger partial charge is 0.457 e. The Morgan fingerprint density at radius 2 is 1.08 bits per heavy atom. The molecule has 0 amide bonds. The Morgan fingerprint density at radius 1 is 0.491 bits per heavy atom. The van der Waals surface area contributed by atoms with Crippen LogP contribution >= 0.6 is 0 Å². The molecular formula is C47H39N5O. The summed E-state index contributed by atoms with van der Waals surface area (Å²) >= 11 is 0. The van der Waals surface area contributed by atoms with Gasteiger partial charge in [-0.3, -0.25) is 9.13 Å². The maximum Gasteiger partial charge on any atom is 0.147 e. The van der Waals surface area contributed by atoms with Crippen LogP contribution < -0.4 is 4.74 Å². The third-order valence-electron chi connectivity index (χ3n) is 10.0. The first kappa shape index (κ1) is 32.4. The lowest BCUT2D eigenvalue weighted by molar-refractivity contribution is 0.484. The molecule has 0 saturated carbocycles. The summed E-state index contributed by atoms with van der Waals surface area (Å²) in [4.78, 5) is 14.9. The summed E-state index contributed by atoms with van der Waals surface area (Å²) in [6, 6.07) is 48.2. The van der Waals surface area contributed by atoms with Crippen molar-refractivity contribution in [2.24, 2.45) is 0 Å². The van der Waals surface area contributed by atoms with Gasteiger partial charge in [-0.05, 0) is 88.7 Å². The van der Waals surface area contributed by atoms with Gasteiger partial charge in [-0.1, -0.05) is 100 Å². The van der Waals surface area contributed by atoms with Crippen molar-refractivity contribution in [3.05, 3.63) is 163 Å². The van der Waals surface area contributed by atoms with Crippen molar-refractivity contribution < 1.29 is 4.74 Å². The van der Waals surface area contributed by atoms with Crippen molar-refractivity contribution in [1.29, 1.82) is 0 Å². The smallest absolute Gasteiger partial charge is 0.147 e. The molecule has 9 rings (SSSR count). The van der Waals surface area contributed by atoms with Crippen LogP contribution in [0.25, 0.3) is 67.0 Å². The lowest BCUT2D eigenvalue weighted by Crippen LogP contribution is -2.07. The van der Waals surface area contributed by atoms with Crippen LogP contribution in [0, 0.1) is 0 Å². The van der Waals surface area contributed by atoms with E-state index in [4.69, 9.17) is 19.7 Å². The lowest BCUT2D eigenvalue weighted by atomic mass is 9.85. The van der Waals surface area contributed by atoms with E-state index in [0.29, 0.717) is 5.75 Å². The third-order valence-corrected chi connectivity index (χ3v) is 10.0. The highest BCUT2D eigenvalue weighted by atomic mass is 16.5. The van der Waals surface area contributed by atoms with E-state index < -0.39 is 0 Å². The van der Waals surface area contributed by atoms with Crippen molar-refractivity contribution >= 4 is 32.8 Å². The summed E-state index contributed by atoms with van der Waals surface area (Å²) in [6.07, 6.45) is 3.67. The fourth-order valence-corrected chi connectivity index (χ4v) is 7.54. The molecule has 9 aromatic rings. The molecule has 0 unspecified atom stereocenters. The van der Waals surface area contributed by atoms with Gasteiger partial charge >= 0.3 is 0 Å². The Balaban J connectivity index is 1.21. The molecule has 0 fully saturated rings. The average molecular weight is 690 g/mol. The van der Waals surface area contributed by atoms with E-state index in [9.17, 15) is 0 Å². The predicted octanol–water partition coefficient (Wildman–Crippen LogP) is 12.3. The predicted molar refractivity (Wildman–Crippen MR) is 217 cm³/mol. The van der Waals surface area contributed by atoms with E-state index in [2.05, 4.69) is 128 Å². The topological polar surface area (TPSA) is 57.8 Å². The van der Waals surface area contributed by atoms with E-state index in [0.717, 1.165) is 56.2 Å². The molecule has 6 nitrogen and oxygen atoms in total. The molecule has 0 atom stereocenters. The molecule has 0 aliphatic carbocycles. The summed E-state index contributed by atoms with van der Waals surface area (Å²) in [5.74, 6) is 4.53. The number of hydrogen-bond donors (Lipinski definition) is 0. The minimum absolute atomic E-state index is 0.263. The number of fused-ring (bicyclic) bond motifs is 4. The molecule has 4 heterocycles. The van der Waals surface area contributed by atoms with Gasteiger partial charge in [0, 0.05) is 40.9 Å². The molecule has 0 N–H and O–H groups in total. The average Bonchev–Trinajstić information content (AvgIpc) is 3.73. The van der Waals surface area contributed by atoms with Crippen LogP contribution in [0.4, 0.5) is 0 Å². The summed E-state index contributed by atoms with van der Waals surface area (Å²) < 4.78 is 11.1. The van der Waals surface area contributed by atoms with Crippen LogP contribution in [0.5, 0.6) is 11.5 Å². The van der Waals surface area contributed by atoms with Gasteiger partial charge in [-0.2, -0.15) is 0 Å². The highest BCUT2D eigenvalue weighted by Crippen LogP contribution is 2.42. The van der Waals surface area contributed by atoms with Crippen LogP contribution in [0.15, 0.2) is 152 Å². The maximum absolute atomic E-state index is 6.68. The Kier molecular flexibility index (Phi) is 8.08. The number of ether oxygens (including phenoxy) is 1. The van der Waals surface area contributed by atoms with E-state index >= 15 is 0 Å². The molecule has 0 bridgehead atoms. The van der Waals surface area contributed by atoms with Gasteiger partial charge in [-0.15, -0.1) is 0 Å². The summed E-state index contributed by atoms with van der Waals surface area (Å²) in [5.41, 5.74) is 10.0. The molecule has 5 aromatic carbocycles. The molecule has 6 heteroatoms. The Labute approximate surface area is 309 Å². The minimum Gasteiger partial charge on any atom is -0.457 e. The Bertz CT molecular complexity index is 2720. The number of aromatic nitrogens is 5. The van der Waals surface area contributed by atoms with Crippen LogP contribution in [-0.2, 0) is 0 Å². The zero-order valence-electron chi connectivity index (χ0n) is 30.2. The van der Waals surface area contributed by atoms with E-state index in [1.807, 2.05) is 60.9 Å². The van der Waals surface area contributed by atoms with Gasteiger partial charge < -0.3 is 4.74 Å². The first-order valence-electron chi connectivity index (χ1n) is 18.2. The zero-order valence-corrected chi connectivity index (χ0v) is 30.2. The molecule has 0 aliphatic rings. The minimum atomic E-state index is 0.263. The number of hydrogen-bond acceptors (Lipinski definition) is 4. The summed E-state index contributed by atoms with van der Waals surface area (Å²) in [5, 5.41) is 2.32. The molecule has 4 aromatic heterocycles. The standard InChI is InChI=1S/C47H39N5O/c1-30(2)38-26-33(32-14-6-5-7-15-32)27-39(31(3)4)46(38)47-50-40-23-21-35(29-43(40)52(47)45-19-11-13-25-49-45)53-34-20-22-37-36-16-8-9-17-41(36)51(42(37)28-34)44-18-10-12-24-48-44/h5-31H,1-4H3. The number of rotatable bonds is 8. The normalized spacial score (nSPS) is 11.7. The zero-order chi connectivity index (χ0) is 36.1. The van der Waals surface area contributed by atoms with Crippen LogP contribution in [0.1, 0.15) is 50.7 Å². The van der Waals surface area contributed by atoms with Crippen molar-refractivity contribution in [2.75, 3.05) is 0 Å².